The van der Waals surface area contributed by atoms with E-state index in [1.54, 1.807) is 36.8 Å². The largest absolute Gasteiger partial charge is 0.341 e. The van der Waals surface area contributed by atoms with Gasteiger partial charge in [-0.2, -0.15) is 0 Å². The van der Waals surface area contributed by atoms with Crippen LogP contribution >= 0.6 is 23.5 Å². The molecule has 94 valence electrons. The van der Waals surface area contributed by atoms with Gasteiger partial charge in [-0.05, 0) is 5.41 Å². The fraction of sp³-hybridized carbons (Fsp3) is 0.600. The highest BCUT2D eigenvalue weighted by molar-refractivity contribution is 8.14. The topological polar surface area (TPSA) is 52.7 Å². The van der Waals surface area contributed by atoms with E-state index in [-0.39, 0.29) is 16.6 Å². The van der Waals surface area contributed by atoms with Gasteiger partial charge in [0.15, 0.2) is 5.12 Å². The van der Waals surface area contributed by atoms with Crippen LogP contribution < -0.4 is 5.32 Å². The van der Waals surface area contributed by atoms with Gasteiger partial charge >= 0.3 is 6.03 Å². The van der Waals surface area contributed by atoms with E-state index in [1.165, 1.54) is 11.8 Å². The first-order valence-electron chi connectivity index (χ1n) is 5.35. The number of nitrogens with zero attached hydrogens (tertiary/aromatic N) is 2. The smallest absolute Gasteiger partial charge is 0.323 e. The van der Waals surface area contributed by atoms with E-state index in [4.69, 9.17) is 0 Å². The van der Waals surface area contributed by atoms with Crippen LogP contribution in [0.15, 0.2) is 11.6 Å². The van der Waals surface area contributed by atoms with Crippen molar-refractivity contribution in [2.45, 2.75) is 17.7 Å². The summed E-state index contributed by atoms with van der Waals surface area (Å²) in [5.74, 6) is 0. The quantitative estimate of drug-likeness (QED) is 0.816. The van der Waals surface area contributed by atoms with Crippen LogP contribution in [0.3, 0.4) is 0 Å². The molecule has 1 saturated heterocycles. The van der Waals surface area contributed by atoms with E-state index in [2.05, 4.69) is 10.2 Å². The van der Waals surface area contributed by atoms with Crippen molar-refractivity contribution in [2.24, 2.45) is 0 Å². The number of rotatable bonds is 2. The Hall–Kier alpha value is -0.660. The highest BCUT2D eigenvalue weighted by Gasteiger charge is 2.38. The fourth-order valence-corrected chi connectivity index (χ4v) is 3.81. The van der Waals surface area contributed by atoms with Crippen LogP contribution in [0.1, 0.15) is 6.92 Å². The highest BCUT2D eigenvalue weighted by atomic mass is 32.2. The van der Waals surface area contributed by atoms with Crippen LogP contribution in [0.25, 0.3) is 0 Å². The Morgan fingerprint density at radius 2 is 2.18 bits per heavy atom. The van der Waals surface area contributed by atoms with Crippen molar-refractivity contribution in [1.82, 2.24) is 15.1 Å². The average Bonchev–Trinajstić information content (AvgIpc) is 2.69. The summed E-state index contributed by atoms with van der Waals surface area (Å²) in [4.78, 5) is 26.4. The van der Waals surface area contributed by atoms with E-state index < -0.39 is 0 Å². The summed E-state index contributed by atoms with van der Waals surface area (Å²) in [5, 5.41) is 5.08. The molecule has 7 heteroatoms. The SMILES string of the molecule is CNC(=O)N1C=CSC1N1CC(SC(C)=O)C1. The van der Waals surface area contributed by atoms with Crippen molar-refractivity contribution in [3.05, 3.63) is 11.6 Å². The van der Waals surface area contributed by atoms with E-state index in [9.17, 15) is 9.59 Å². The maximum atomic E-state index is 11.6. The summed E-state index contributed by atoms with van der Waals surface area (Å²) in [6.45, 7) is 3.31. The second-order valence-corrected chi connectivity index (χ2v) is 6.34. The normalized spacial score (nSPS) is 24.8. The lowest BCUT2D eigenvalue weighted by Gasteiger charge is -2.44. The number of thioether (sulfide) groups is 2. The molecule has 2 rings (SSSR count). The van der Waals surface area contributed by atoms with Crippen LogP contribution in [-0.2, 0) is 4.79 Å². The van der Waals surface area contributed by atoms with Gasteiger partial charge in [0.1, 0.15) is 5.50 Å². The number of amides is 2. The number of carbonyl (C=O) groups excluding carboxylic acids is 2. The molecule has 0 radical (unpaired) electrons. The third-order valence-corrected chi connectivity index (χ3v) is 4.64. The Morgan fingerprint density at radius 1 is 1.47 bits per heavy atom. The molecular weight excluding hydrogens is 258 g/mol. The van der Waals surface area contributed by atoms with Crippen LogP contribution in [-0.4, -0.2) is 51.8 Å². The third kappa shape index (κ3) is 2.78. The van der Waals surface area contributed by atoms with Crippen LogP contribution in [0.4, 0.5) is 4.79 Å². The van der Waals surface area contributed by atoms with Gasteiger partial charge < -0.3 is 5.32 Å². The van der Waals surface area contributed by atoms with Gasteiger partial charge in [0.25, 0.3) is 0 Å². The molecule has 1 unspecified atom stereocenters. The van der Waals surface area contributed by atoms with Gasteiger partial charge in [-0.15, -0.1) is 0 Å². The van der Waals surface area contributed by atoms with Crippen molar-refractivity contribution >= 4 is 34.7 Å². The Morgan fingerprint density at radius 3 is 2.76 bits per heavy atom. The predicted octanol–water partition coefficient (Wildman–Crippen LogP) is 1.09. The molecular formula is C10H15N3O2S2. The second kappa shape index (κ2) is 5.32. The van der Waals surface area contributed by atoms with Crippen molar-refractivity contribution in [1.29, 1.82) is 0 Å². The van der Waals surface area contributed by atoms with Crippen molar-refractivity contribution in [2.75, 3.05) is 20.1 Å². The molecule has 1 fully saturated rings. The third-order valence-electron chi connectivity index (χ3n) is 2.63. The number of likely N-dealkylation sites (tertiary alicyclic amines) is 1. The second-order valence-electron chi connectivity index (χ2n) is 3.90. The van der Waals surface area contributed by atoms with Gasteiger partial charge in [-0.1, -0.05) is 23.5 Å². The summed E-state index contributed by atoms with van der Waals surface area (Å²) in [5.41, 5.74) is 0.0405. The Kier molecular flexibility index (Phi) is 4.01. The zero-order valence-electron chi connectivity index (χ0n) is 9.75. The predicted molar refractivity (Wildman–Crippen MR) is 70.4 cm³/mol. The van der Waals surface area contributed by atoms with E-state index in [1.807, 2.05) is 5.41 Å². The first-order chi connectivity index (χ1) is 8.11. The molecule has 1 atom stereocenters. The summed E-state index contributed by atoms with van der Waals surface area (Å²) >= 11 is 3.01. The number of carbonyl (C=O) groups is 2. The van der Waals surface area contributed by atoms with Gasteiger partial charge in [0.05, 0.1) is 0 Å². The summed E-state index contributed by atoms with van der Waals surface area (Å²) in [6.07, 6.45) is 1.79. The standard InChI is InChI=1S/C10H15N3O2S2/c1-7(14)17-8-5-12(6-8)10-13(3-4-16-10)9(15)11-2/h3-4,8,10H,5-6H2,1-2H3,(H,11,15). The van der Waals surface area contributed by atoms with Crippen molar-refractivity contribution < 1.29 is 9.59 Å². The highest BCUT2D eigenvalue weighted by Crippen LogP contribution is 2.34. The van der Waals surface area contributed by atoms with E-state index in [0.29, 0.717) is 5.25 Å². The van der Waals surface area contributed by atoms with Crippen LogP contribution in [0.5, 0.6) is 0 Å². The zero-order chi connectivity index (χ0) is 12.4. The number of nitrogens with one attached hydrogen (secondary N) is 1. The molecule has 0 aromatic rings. The Balaban J connectivity index is 1.85. The minimum absolute atomic E-state index is 0.0405. The number of urea groups is 1. The van der Waals surface area contributed by atoms with E-state index in [0.717, 1.165) is 13.1 Å². The molecule has 0 bridgehead atoms. The van der Waals surface area contributed by atoms with Gasteiger partial charge in [-0.25, -0.2) is 4.79 Å². The average molecular weight is 273 g/mol. The monoisotopic (exact) mass is 273 g/mol. The van der Waals surface area contributed by atoms with Gasteiger partial charge in [0.2, 0.25) is 0 Å². The molecule has 2 aliphatic rings. The molecule has 0 spiro atoms. The minimum atomic E-state index is -0.0982. The van der Waals surface area contributed by atoms with Crippen LogP contribution in [0.2, 0.25) is 0 Å². The molecule has 0 aliphatic carbocycles. The zero-order valence-corrected chi connectivity index (χ0v) is 11.4. The van der Waals surface area contributed by atoms with Crippen molar-refractivity contribution in [3.63, 3.8) is 0 Å². The van der Waals surface area contributed by atoms with Gasteiger partial charge in [-0.3, -0.25) is 14.6 Å². The first-order valence-corrected chi connectivity index (χ1v) is 7.17. The molecule has 2 amide bonds. The molecule has 2 aliphatic heterocycles. The fourth-order valence-electron chi connectivity index (χ4n) is 1.83. The van der Waals surface area contributed by atoms with Crippen LogP contribution in [0, 0.1) is 0 Å². The Bertz CT molecular complexity index is 355. The summed E-state index contributed by atoms with van der Waals surface area (Å²) < 4.78 is 0. The molecule has 1 N–H and O–H groups in total. The lowest BCUT2D eigenvalue weighted by atomic mass is 10.2. The molecule has 17 heavy (non-hydrogen) atoms. The maximum absolute atomic E-state index is 11.6. The number of hydrogen-bond acceptors (Lipinski definition) is 5. The summed E-state index contributed by atoms with van der Waals surface area (Å²) in [7, 11) is 1.63. The Labute approximate surface area is 109 Å². The maximum Gasteiger partial charge on any atom is 0.323 e. The molecule has 5 nitrogen and oxygen atoms in total. The first kappa shape index (κ1) is 12.8. The van der Waals surface area contributed by atoms with Gasteiger partial charge in [0, 0.05) is 38.5 Å². The molecule has 0 aromatic carbocycles. The molecule has 0 aromatic heterocycles. The lowest BCUT2D eigenvalue weighted by Crippen LogP contribution is -2.58. The lowest BCUT2D eigenvalue weighted by molar-refractivity contribution is -0.109. The minimum Gasteiger partial charge on any atom is -0.341 e. The summed E-state index contributed by atoms with van der Waals surface area (Å²) in [6, 6.07) is -0.0982. The van der Waals surface area contributed by atoms with Crippen molar-refractivity contribution in [3.8, 4) is 0 Å². The number of hydrogen-bond donors (Lipinski definition) is 1. The molecule has 2 heterocycles. The van der Waals surface area contributed by atoms with E-state index >= 15 is 0 Å². The molecule has 0 saturated carbocycles.